The molecule has 0 saturated heterocycles. The van der Waals surface area contributed by atoms with Gasteiger partial charge in [-0.25, -0.2) is 0 Å². The minimum atomic E-state index is -0.418. The third kappa shape index (κ3) is 4.42. The van der Waals surface area contributed by atoms with E-state index < -0.39 is 5.60 Å². The van der Waals surface area contributed by atoms with Crippen LogP contribution in [0.25, 0.3) is 0 Å². The number of rotatable bonds is 7. The summed E-state index contributed by atoms with van der Waals surface area (Å²) in [4.78, 5) is 12.4. The maximum Gasteiger partial charge on any atom is 0.164 e. The highest BCUT2D eigenvalue weighted by molar-refractivity contribution is 5.87. The summed E-state index contributed by atoms with van der Waals surface area (Å²) in [6.45, 7) is 4.85. The van der Waals surface area contributed by atoms with E-state index in [9.17, 15) is 4.79 Å². The van der Waals surface area contributed by atoms with E-state index in [0.717, 1.165) is 38.5 Å². The Hall–Kier alpha value is -0.370. The van der Waals surface area contributed by atoms with E-state index in [2.05, 4.69) is 6.92 Å². The summed E-state index contributed by atoms with van der Waals surface area (Å²) in [5, 5.41) is 0. The van der Waals surface area contributed by atoms with Crippen molar-refractivity contribution in [2.24, 2.45) is 0 Å². The summed E-state index contributed by atoms with van der Waals surface area (Å²) in [6, 6.07) is 0. The maximum atomic E-state index is 12.4. The highest BCUT2D eigenvalue weighted by atomic mass is 16.5. The lowest BCUT2D eigenvalue weighted by Crippen LogP contribution is -2.41. The monoisotopic (exact) mass is 240 g/mol. The summed E-state index contributed by atoms with van der Waals surface area (Å²) in [5.41, 5.74) is -0.418. The third-order valence-corrected chi connectivity index (χ3v) is 3.85. The lowest BCUT2D eigenvalue weighted by molar-refractivity contribution is -0.146. The minimum absolute atomic E-state index is 0.370. The molecular weight excluding hydrogens is 212 g/mol. The Morgan fingerprint density at radius 3 is 2.24 bits per heavy atom. The third-order valence-electron chi connectivity index (χ3n) is 3.85. The van der Waals surface area contributed by atoms with Gasteiger partial charge in [-0.15, -0.1) is 0 Å². The second-order valence-corrected chi connectivity index (χ2v) is 5.22. The topological polar surface area (TPSA) is 26.3 Å². The molecule has 0 heterocycles. The van der Waals surface area contributed by atoms with Crippen molar-refractivity contribution in [3.8, 4) is 0 Å². The number of hydrogen-bond acceptors (Lipinski definition) is 2. The van der Waals surface area contributed by atoms with Crippen molar-refractivity contribution in [1.82, 2.24) is 0 Å². The molecule has 0 N–H and O–H groups in total. The van der Waals surface area contributed by atoms with Crippen molar-refractivity contribution in [3.63, 3.8) is 0 Å². The van der Waals surface area contributed by atoms with E-state index >= 15 is 0 Å². The summed E-state index contributed by atoms with van der Waals surface area (Å²) < 4.78 is 5.89. The van der Waals surface area contributed by atoms with Crippen molar-refractivity contribution in [2.75, 3.05) is 6.61 Å². The first-order valence-electron chi connectivity index (χ1n) is 7.42. The van der Waals surface area contributed by atoms with Crippen LogP contribution in [0.5, 0.6) is 0 Å². The fraction of sp³-hybridized carbons (Fsp3) is 0.933. The van der Waals surface area contributed by atoms with E-state index in [0.29, 0.717) is 18.8 Å². The molecule has 0 aromatic heterocycles. The van der Waals surface area contributed by atoms with E-state index in [-0.39, 0.29) is 0 Å². The van der Waals surface area contributed by atoms with Gasteiger partial charge in [-0.1, -0.05) is 45.4 Å². The van der Waals surface area contributed by atoms with Crippen molar-refractivity contribution < 1.29 is 9.53 Å². The number of carbonyl (C=O) groups is 1. The van der Waals surface area contributed by atoms with Crippen LogP contribution < -0.4 is 0 Å². The predicted molar refractivity (Wildman–Crippen MR) is 71.2 cm³/mol. The molecule has 1 saturated carbocycles. The second kappa shape index (κ2) is 7.86. The molecule has 1 aliphatic rings. The van der Waals surface area contributed by atoms with Gasteiger partial charge in [-0.3, -0.25) is 4.79 Å². The van der Waals surface area contributed by atoms with Gasteiger partial charge in [0.25, 0.3) is 0 Å². The van der Waals surface area contributed by atoms with Gasteiger partial charge in [-0.2, -0.15) is 0 Å². The van der Waals surface area contributed by atoms with Crippen LogP contribution in [0.2, 0.25) is 0 Å². The number of unbranched alkanes of at least 4 members (excludes halogenated alkanes) is 2. The molecule has 0 aliphatic heterocycles. The van der Waals surface area contributed by atoms with Crippen molar-refractivity contribution in [2.45, 2.75) is 83.7 Å². The van der Waals surface area contributed by atoms with Crippen LogP contribution in [0, 0.1) is 0 Å². The Balaban J connectivity index is 2.57. The first-order valence-corrected chi connectivity index (χ1v) is 7.42. The first-order chi connectivity index (χ1) is 8.25. The average Bonchev–Trinajstić information content (AvgIpc) is 2.56. The van der Waals surface area contributed by atoms with Crippen LogP contribution in [0.15, 0.2) is 0 Å². The molecule has 1 aliphatic carbocycles. The highest BCUT2D eigenvalue weighted by Crippen LogP contribution is 2.32. The quantitative estimate of drug-likeness (QED) is 0.491. The Bertz CT molecular complexity index is 215. The lowest BCUT2D eigenvalue weighted by atomic mass is 9.86. The van der Waals surface area contributed by atoms with Gasteiger partial charge in [0.15, 0.2) is 5.78 Å². The van der Waals surface area contributed by atoms with Gasteiger partial charge < -0.3 is 4.74 Å². The summed E-state index contributed by atoms with van der Waals surface area (Å²) in [7, 11) is 0. The zero-order valence-electron chi connectivity index (χ0n) is 11.6. The van der Waals surface area contributed by atoms with Gasteiger partial charge in [0.05, 0.1) is 0 Å². The number of Topliss-reactive ketones (excluding diaryl/α,β-unsaturated/α-hetero) is 1. The first kappa shape index (κ1) is 14.7. The van der Waals surface area contributed by atoms with Gasteiger partial charge in [-0.05, 0) is 26.2 Å². The molecule has 0 spiro atoms. The number of ketones is 1. The summed E-state index contributed by atoms with van der Waals surface area (Å²) in [6.07, 6.45) is 10.8. The molecule has 0 aromatic rings. The molecular formula is C15H28O2. The highest BCUT2D eigenvalue weighted by Gasteiger charge is 2.38. The molecule has 0 atom stereocenters. The largest absolute Gasteiger partial charge is 0.368 e. The van der Waals surface area contributed by atoms with E-state index in [1.165, 1.54) is 19.3 Å². The number of ether oxygens (including phenoxy) is 1. The molecule has 0 unspecified atom stereocenters. The molecule has 2 nitrogen and oxygen atoms in total. The molecule has 0 radical (unpaired) electrons. The Morgan fingerprint density at radius 2 is 1.71 bits per heavy atom. The molecule has 1 rings (SSSR count). The molecule has 2 heteroatoms. The van der Waals surface area contributed by atoms with E-state index in [1.54, 1.807) is 0 Å². The zero-order valence-corrected chi connectivity index (χ0v) is 11.6. The molecule has 100 valence electrons. The van der Waals surface area contributed by atoms with Gasteiger partial charge in [0.1, 0.15) is 5.60 Å². The van der Waals surface area contributed by atoms with Crippen molar-refractivity contribution >= 4 is 5.78 Å². The Kier molecular flexibility index (Phi) is 6.79. The van der Waals surface area contributed by atoms with Crippen LogP contribution in [0.4, 0.5) is 0 Å². The Morgan fingerprint density at radius 1 is 1.06 bits per heavy atom. The smallest absolute Gasteiger partial charge is 0.164 e. The molecule has 1 fully saturated rings. The van der Waals surface area contributed by atoms with Gasteiger partial charge >= 0.3 is 0 Å². The van der Waals surface area contributed by atoms with Crippen LogP contribution in [0.1, 0.15) is 78.1 Å². The average molecular weight is 240 g/mol. The number of hydrogen-bond donors (Lipinski definition) is 0. The second-order valence-electron chi connectivity index (χ2n) is 5.22. The van der Waals surface area contributed by atoms with Crippen LogP contribution in [-0.4, -0.2) is 18.0 Å². The number of carbonyl (C=O) groups excluding carboxylic acids is 1. The Labute approximate surface area is 106 Å². The predicted octanol–water partition coefficient (Wildman–Crippen LogP) is 4.27. The minimum Gasteiger partial charge on any atom is -0.368 e. The molecule has 0 aromatic carbocycles. The van der Waals surface area contributed by atoms with Crippen LogP contribution >= 0.6 is 0 Å². The summed E-state index contributed by atoms with van der Waals surface area (Å²) >= 11 is 0. The lowest BCUT2D eigenvalue weighted by Gasteiger charge is -2.31. The zero-order chi connectivity index (χ0) is 12.6. The molecule has 17 heavy (non-hydrogen) atoms. The summed E-state index contributed by atoms with van der Waals surface area (Å²) in [5.74, 6) is 0.370. The van der Waals surface area contributed by atoms with Gasteiger partial charge in [0.2, 0.25) is 0 Å². The molecule has 0 bridgehead atoms. The fourth-order valence-corrected chi connectivity index (χ4v) is 2.84. The molecule has 0 amide bonds. The maximum absolute atomic E-state index is 12.4. The standard InChI is InChI=1S/C15H28O2/c1-3-5-8-11-14(16)15(17-4-2)12-9-6-7-10-13-15/h3-13H2,1-2H3. The van der Waals surface area contributed by atoms with Gasteiger partial charge in [0, 0.05) is 13.0 Å². The van der Waals surface area contributed by atoms with E-state index in [1.807, 2.05) is 6.92 Å². The normalized spacial score (nSPS) is 19.9. The SMILES string of the molecule is CCCCCC(=O)C1(OCC)CCCCCC1. The van der Waals surface area contributed by atoms with Crippen molar-refractivity contribution in [1.29, 1.82) is 0 Å². The van der Waals surface area contributed by atoms with Crippen molar-refractivity contribution in [3.05, 3.63) is 0 Å². The van der Waals surface area contributed by atoms with Crippen LogP contribution in [-0.2, 0) is 9.53 Å². The van der Waals surface area contributed by atoms with Crippen LogP contribution in [0.3, 0.4) is 0 Å². The fourth-order valence-electron chi connectivity index (χ4n) is 2.84. The van der Waals surface area contributed by atoms with E-state index in [4.69, 9.17) is 4.74 Å².